The third-order valence-corrected chi connectivity index (χ3v) is 3.14. The van der Waals surface area contributed by atoms with Gasteiger partial charge in [0.25, 0.3) is 0 Å². The van der Waals surface area contributed by atoms with Crippen molar-refractivity contribution in [2.45, 2.75) is 26.0 Å². The third-order valence-electron chi connectivity index (χ3n) is 3.14. The second-order valence-corrected chi connectivity index (χ2v) is 4.89. The molecule has 1 amide bonds. The Labute approximate surface area is 113 Å². The van der Waals surface area contributed by atoms with Gasteiger partial charge in [-0.25, -0.2) is 0 Å². The molecular formula is C13H22N4O2. The van der Waals surface area contributed by atoms with Crippen LogP contribution in [-0.4, -0.2) is 59.5 Å². The highest BCUT2D eigenvalue weighted by atomic mass is 16.5. The fraction of sp³-hybridized carbons (Fsp3) is 0.692. The summed E-state index contributed by atoms with van der Waals surface area (Å²) in [4.78, 5) is 13.9. The monoisotopic (exact) mass is 266 g/mol. The lowest BCUT2D eigenvalue weighted by atomic mass is 10.3. The summed E-state index contributed by atoms with van der Waals surface area (Å²) < 4.78 is 7.32. The van der Waals surface area contributed by atoms with Gasteiger partial charge in [-0.1, -0.05) is 0 Å². The summed E-state index contributed by atoms with van der Waals surface area (Å²) in [5, 5.41) is 7.06. The number of hydrogen-bond donors (Lipinski definition) is 1. The number of carbonyl (C=O) groups is 1. The molecule has 19 heavy (non-hydrogen) atoms. The molecule has 1 aromatic heterocycles. The number of aromatic nitrogens is 2. The Hall–Kier alpha value is -1.40. The number of ether oxygens (including phenoxy) is 1. The SMILES string of the molecule is CC1CN(CC(=O)NCCCn2cccn2)CCO1. The van der Waals surface area contributed by atoms with Crippen LogP contribution in [0.5, 0.6) is 0 Å². The molecule has 1 atom stereocenters. The van der Waals surface area contributed by atoms with Gasteiger partial charge in [-0.15, -0.1) is 0 Å². The minimum atomic E-state index is 0.0922. The van der Waals surface area contributed by atoms with Gasteiger partial charge in [0.2, 0.25) is 5.91 Å². The van der Waals surface area contributed by atoms with E-state index in [9.17, 15) is 4.79 Å². The van der Waals surface area contributed by atoms with Crippen LogP contribution in [0.3, 0.4) is 0 Å². The molecule has 1 aliphatic rings. The summed E-state index contributed by atoms with van der Waals surface area (Å²) >= 11 is 0. The van der Waals surface area contributed by atoms with Crippen LogP contribution in [0.15, 0.2) is 18.5 Å². The maximum absolute atomic E-state index is 11.8. The largest absolute Gasteiger partial charge is 0.376 e. The van der Waals surface area contributed by atoms with Crippen molar-refractivity contribution in [3.05, 3.63) is 18.5 Å². The molecule has 6 heteroatoms. The molecule has 0 saturated carbocycles. The second-order valence-electron chi connectivity index (χ2n) is 4.89. The predicted octanol–water partition coefficient (Wildman–Crippen LogP) is 0.110. The van der Waals surface area contributed by atoms with Gasteiger partial charge in [-0.05, 0) is 19.4 Å². The fourth-order valence-corrected chi connectivity index (χ4v) is 2.19. The number of hydrogen-bond acceptors (Lipinski definition) is 4. The fourth-order valence-electron chi connectivity index (χ4n) is 2.19. The van der Waals surface area contributed by atoms with E-state index in [1.54, 1.807) is 6.20 Å². The first-order valence-corrected chi connectivity index (χ1v) is 6.82. The Kier molecular flexibility index (Phi) is 5.35. The van der Waals surface area contributed by atoms with Gasteiger partial charge in [0.1, 0.15) is 0 Å². The Morgan fingerprint density at radius 3 is 3.21 bits per heavy atom. The number of aryl methyl sites for hydroxylation is 1. The first-order chi connectivity index (χ1) is 9.24. The Balaban J connectivity index is 1.56. The Morgan fingerprint density at radius 1 is 1.58 bits per heavy atom. The first kappa shape index (κ1) is 14.0. The smallest absolute Gasteiger partial charge is 0.234 e. The van der Waals surface area contributed by atoms with E-state index in [1.165, 1.54) is 0 Å². The zero-order valence-electron chi connectivity index (χ0n) is 11.4. The van der Waals surface area contributed by atoms with Gasteiger partial charge < -0.3 is 10.1 Å². The van der Waals surface area contributed by atoms with E-state index in [0.717, 1.165) is 26.1 Å². The minimum Gasteiger partial charge on any atom is -0.376 e. The van der Waals surface area contributed by atoms with E-state index in [2.05, 4.69) is 15.3 Å². The molecule has 1 unspecified atom stereocenters. The molecule has 1 fully saturated rings. The van der Waals surface area contributed by atoms with Crippen LogP contribution in [-0.2, 0) is 16.1 Å². The highest BCUT2D eigenvalue weighted by Gasteiger charge is 2.18. The predicted molar refractivity (Wildman–Crippen MR) is 71.7 cm³/mol. The average Bonchev–Trinajstić information content (AvgIpc) is 2.88. The molecule has 1 N–H and O–H groups in total. The van der Waals surface area contributed by atoms with Crippen LogP contribution in [0.1, 0.15) is 13.3 Å². The van der Waals surface area contributed by atoms with E-state index >= 15 is 0 Å². The van der Waals surface area contributed by atoms with Gasteiger partial charge in [-0.2, -0.15) is 5.10 Å². The third kappa shape index (κ3) is 5.00. The average molecular weight is 266 g/mol. The summed E-state index contributed by atoms with van der Waals surface area (Å²) in [6.45, 7) is 6.42. The number of nitrogens with one attached hydrogen (secondary N) is 1. The Morgan fingerprint density at radius 2 is 2.47 bits per heavy atom. The van der Waals surface area contributed by atoms with Crippen LogP contribution in [0.2, 0.25) is 0 Å². The maximum atomic E-state index is 11.8. The van der Waals surface area contributed by atoms with E-state index in [-0.39, 0.29) is 12.0 Å². The molecule has 106 valence electrons. The lowest BCUT2D eigenvalue weighted by molar-refractivity contribution is -0.124. The molecule has 2 heterocycles. The minimum absolute atomic E-state index is 0.0922. The molecule has 1 aliphatic heterocycles. The van der Waals surface area contributed by atoms with Crippen molar-refractivity contribution in [1.29, 1.82) is 0 Å². The first-order valence-electron chi connectivity index (χ1n) is 6.82. The molecule has 2 rings (SSSR count). The van der Waals surface area contributed by atoms with Gasteiger partial charge in [0.05, 0.1) is 19.3 Å². The molecule has 1 saturated heterocycles. The number of morpholine rings is 1. The molecule has 0 spiro atoms. The van der Waals surface area contributed by atoms with E-state index in [4.69, 9.17) is 4.74 Å². The van der Waals surface area contributed by atoms with Crippen LogP contribution >= 0.6 is 0 Å². The molecule has 0 radical (unpaired) electrons. The topological polar surface area (TPSA) is 59.4 Å². The number of carbonyl (C=O) groups excluding carboxylic acids is 1. The number of amides is 1. The summed E-state index contributed by atoms with van der Waals surface area (Å²) in [5.41, 5.74) is 0. The molecular weight excluding hydrogens is 244 g/mol. The highest BCUT2D eigenvalue weighted by Crippen LogP contribution is 2.03. The van der Waals surface area contributed by atoms with E-state index in [1.807, 2.05) is 23.9 Å². The number of nitrogens with zero attached hydrogens (tertiary/aromatic N) is 3. The lowest BCUT2D eigenvalue weighted by Crippen LogP contribution is -2.46. The standard InChI is InChI=1S/C13H22N4O2/c1-12-10-16(8-9-19-12)11-13(18)14-4-2-6-17-7-3-5-15-17/h3,5,7,12H,2,4,6,8-11H2,1H3,(H,14,18). The summed E-state index contributed by atoms with van der Waals surface area (Å²) in [6, 6.07) is 1.90. The summed E-state index contributed by atoms with van der Waals surface area (Å²) in [7, 11) is 0. The van der Waals surface area contributed by atoms with Gasteiger partial charge in [-0.3, -0.25) is 14.4 Å². The van der Waals surface area contributed by atoms with Gasteiger partial charge in [0, 0.05) is 38.6 Å². The maximum Gasteiger partial charge on any atom is 0.234 e. The number of rotatable bonds is 6. The zero-order chi connectivity index (χ0) is 13.5. The van der Waals surface area contributed by atoms with Crippen molar-refractivity contribution in [3.8, 4) is 0 Å². The van der Waals surface area contributed by atoms with Crippen molar-refractivity contribution in [2.24, 2.45) is 0 Å². The molecule has 0 bridgehead atoms. The van der Waals surface area contributed by atoms with Crippen molar-refractivity contribution in [2.75, 3.05) is 32.8 Å². The van der Waals surface area contributed by atoms with Crippen LogP contribution in [0, 0.1) is 0 Å². The molecule has 6 nitrogen and oxygen atoms in total. The van der Waals surface area contributed by atoms with Crippen LogP contribution in [0.4, 0.5) is 0 Å². The van der Waals surface area contributed by atoms with Crippen molar-refractivity contribution < 1.29 is 9.53 Å². The van der Waals surface area contributed by atoms with Crippen molar-refractivity contribution >= 4 is 5.91 Å². The van der Waals surface area contributed by atoms with E-state index in [0.29, 0.717) is 19.7 Å². The van der Waals surface area contributed by atoms with Gasteiger partial charge in [0.15, 0.2) is 0 Å². The lowest BCUT2D eigenvalue weighted by Gasteiger charge is -2.30. The normalized spacial score (nSPS) is 20.4. The van der Waals surface area contributed by atoms with Crippen LogP contribution in [0.25, 0.3) is 0 Å². The second kappa shape index (κ2) is 7.25. The Bertz CT molecular complexity index is 380. The van der Waals surface area contributed by atoms with E-state index < -0.39 is 0 Å². The molecule has 0 aromatic carbocycles. The zero-order valence-corrected chi connectivity index (χ0v) is 11.4. The summed E-state index contributed by atoms with van der Waals surface area (Å²) in [5.74, 6) is 0.0922. The molecule has 1 aromatic rings. The summed E-state index contributed by atoms with van der Waals surface area (Å²) in [6.07, 6.45) is 4.81. The quantitative estimate of drug-likeness (QED) is 0.743. The van der Waals surface area contributed by atoms with Crippen molar-refractivity contribution in [1.82, 2.24) is 20.0 Å². The van der Waals surface area contributed by atoms with Gasteiger partial charge >= 0.3 is 0 Å². The van der Waals surface area contributed by atoms with Crippen LogP contribution < -0.4 is 5.32 Å². The highest BCUT2D eigenvalue weighted by molar-refractivity contribution is 5.77. The molecule has 0 aliphatic carbocycles. The van der Waals surface area contributed by atoms with Crippen molar-refractivity contribution in [3.63, 3.8) is 0 Å².